The lowest BCUT2D eigenvalue weighted by Crippen LogP contribution is -2.46. The molecule has 10 nitrogen and oxygen atoms in total. The Labute approximate surface area is 171 Å². The van der Waals surface area contributed by atoms with E-state index in [0.29, 0.717) is 5.69 Å². The number of Topliss-reactive ketones (excluding diaryl/α,β-unsaturated/α-hetero) is 1. The molecule has 1 unspecified atom stereocenters. The van der Waals surface area contributed by atoms with Gasteiger partial charge < -0.3 is 24.4 Å². The molecule has 1 aromatic carbocycles. The number of methoxy groups -OCH3 is 1. The van der Waals surface area contributed by atoms with Gasteiger partial charge in [-0.2, -0.15) is 0 Å². The van der Waals surface area contributed by atoms with Gasteiger partial charge in [-0.25, -0.2) is 14.0 Å². The highest BCUT2D eigenvalue weighted by Gasteiger charge is 2.34. The molecule has 0 spiro atoms. The van der Waals surface area contributed by atoms with E-state index in [0.717, 1.165) is 7.11 Å². The third-order valence-electron chi connectivity index (χ3n) is 4.81. The average Bonchev–Trinajstić information content (AvgIpc) is 3.08. The first-order valence-corrected chi connectivity index (χ1v) is 9.33. The van der Waals surface area contributed by atoms with Gasteiger partial charge >= 0.3 is 12.2 Å². The number of piperidine rings is 1. The van der Waals surface area contributed by atoms with Crippen molar-refractivity contribution in [1.82, 2.24) is 5.32 Å². The molecule has 2 amide bonds. The number of nitrogens with one attached hydrogen (secondary N) is 1. The summed E-state index contributed by atoms with van der Waals surface area (Å²) in [5.74, 6) is -1.11. The first-order chi connectivity index (χ1) is 14.3. The molecule has 0 bridgehead atoms. The summed E-state index contributed by atoms with van der Waals surface area (Å²) in [5, 5.41) is 2.57. The maximum Gasteiger partial charge on any atom is 0.508 e. The fourth-order valence-electron chi connectivity index (χ4n) is 3.30. The van der Waals surface area contributed by atoms with E-state index in [9.17, 15) is 23.6 Å². The fraction of sp³-hybridized carbons (Fsp3) is 0.474. The number of amides is 2. The zero-order valence-corrected chi connectivity index (χ0v) is 16.6. The predicted molar refractivity (Wildman–Crippen MR) is 102 cm³/mol. The van der Waals surface area contributed by atoms with Gasteiger partial charge in [-0.05, 0) is 18.2 Å². The number of halogens is 1. The van der Waals surface area contributed by atoms with E-state index in [1.807, 2.05) is 0 Å². The van der Waals surface area contributed by atoms with E-state index < -0.39 is 30.3 Å². The van der Waals surface area contributed by atoms with Crippen molar-refractivity contribution < 1.29 is 37.8 Å². The number of ketones is 1. The molecule has 1 N–H and O–H groups in total. The van der Waals surface area contributed by atoms with Crippen LogP contribution in [0.15, 0.2) is 18.2 Å². The van der Waals surface area contributed by atoms with Crippen molar-refractivity contribution in [1.29, 1.82) is 0 Å². The van der Waals surface area contributed by atoms with Gasteiger partial charge in [-0.15, -0.1) is 0 Å². The topological polar surface area (TPSA) is 114 Å². The van der Waals surface area contributed by atoms with Crippen LogP contribution in [0.4, 0.5) is 25.4 Å². The van der Waals surface area contributed by atoms with Gasteiger partial charge in [0.15, 0.2) is 11.9 Å². The smallest absolute Gasteiger partial charge is 0.442 e. The summed E-state index contributed by atoms with van der Waals surface area (Å²) in [6, 6.07) is 4.25. The van der Waals surface area contributed by atoms with Gasteiger partial charge in [0.05, 0.1) is 38.1 Å². The summed E-state index contributed by atoms with van der Waals surface area (Å²) in [5.41, 5.74) is 0.522. The van der Waals surface area contributed by atoms with Crippen LogP contribution in [0.2, 0.25) is 0 Å². The Hall–Kier alpha value is -3.37. The van der Waals surface area contributed by atoms with Crippen molar-refractivity contribution in [2.24, 2.45) is 0 Å². The van der Waals surface area contributed by atoms with Crippen LogP contribution >= 0.6 is 0 Å². The minimum Gasteiger partial charge on any atom is -0.442 e. The van der Waals surface area contributed by atoms with E-state index in [-0.39, 0.29) is 50.0 Å². The molecule has 3 rings (SSSR count). The lowest BCUT2D eigenvalue weighted by Gasteiger charge is -2.33. The SMILES string of the molecule is COC(=O)O[C@H]1CN(c2ccc(N3CC(CNC(C)=O)OC3=O)cc2F)CCC1=O. The second kappa shape index (κ2) is 8.97. The molecule has 0 aromatic heterocycles. The third kappa shape index (κ3) is 4.78. The van der Waals surface area contributed by atoms with Crippen LogP contribution in [0.5, 0.6) is 0 Å². The molecule has 2 atom stereocenters. The minimum atomic E-state index is -1.05. The standard InChI is InChI=1S/C19H22FN3O7/c1-11(24)21-8-13-9-23(18(26)29-13)12-3-4-15(14(20)7-12)22-6-5-16(25)17(10-22)30-19(27)28-2/h3-4,7,13,17H,5-6,8-10H2,1-2H3,(H,21,24)/t13?,17-/m0/s1. The Morgan fingerprint density at radius 3 is 2.73 bits per heavy atom. The van der Waals surface area contributed by atoms with Crippen LogP contribution in [0.25, 0.3) is 0 Å². The molecule has 2 fully saturated rings. The predicted octanol–water partition coefficient (Wildman–Crippen LogP) is 1.22. The third-order valence-corrected chi connectivity index (χ3v) is 4.81. The molecular weight excluding hydrogens is 401 g/mol. The van der Waals surface area contributed by atoms with E-state index in [2.05, 4.69) is 10.1 Å². The van der Waals surface area contributed by atoms with E-state index in [4.69, 9.17) is 9.47 Å². The van der Waals surface area contributed by atoms with Crippen molar-refractivity contribution in [2.75, 3.05) is 43.1 Å². The Kier molecular flexibility index (Phi) is 6.38. The fourth-order valence-corrected chi connectivity index (χ4v) is 3.30. The highest BCUT2D eigenvalue weighted by atomic mass is 19.1. The molecule has 2 heterocycles. The Morgan fingerprint density at radius 1 is 1.30 bits per heavy atom. The van der Waals surface area contributed by atoms with Crippen molar-refractivity contribution >= 4 is 35.3 Å². The molecule has 0 aliphatic carbocycles. The van der Waals surface area contributed by atoms with Crippen molar-refractivity contribution in [2.45, 2.75) is 25.6 Å². The van der Waals surface area contributed by atoms with Gasteiger partial charge in [0.2, 0.25) is 5.91 Å². The lowest BCUT2D eigenvalue weighted by atomic mass is 10.1. The first kappa shape index (κ1) is 21.3. The summed E-state index contributed by atoms with van der Waals surface area (Å²) in [6.45, 7) is 1.96. The zero-order valence-electron chi connectivity index (χ0n) is 16.6. The summed E-state index contributed by atoms with van der Waals surface area (Å²) in [7, 11) is 1.13. The number of benzene rings is 1. The first-order valence-electron chi connectivity index (χ1n) is 9.33. The summed E-state index contributed by atoms with van der Waals surface area (Å²) in [4.78, 5) is 49.2. The monoisotopic (exact) mass is 423 g/mol. The molecule has 1 aromatic rings. The second-order valence-electron chi connectivity index (χ2n) is 6.91. The second-order valence-corrected chi connectivity index (χ2v) is 6.91. The summed E-state index contributed by atoms with van der Waals surface area (Å²) >= 11 is 0. The van der Waals surface area contributed by atoms with Gasteiger partial charge in [-0.1, -0.05) is 0 Å². The number of rotatable bonds is 5. The average molecular weight is 423 g/mol. The quantitative estimate of drug-likeness (QED) is 0.703. The van der Waals surface area contributed by atoms with Crippen molar-refractivity contribution in [3.05, 3.63) is 24.0 Å². The molecular formula is C19H22FN3O7. The van der Waals surface area contributed by atoms with Crippen LogP contribution < -0.4 is 15.1 Å². The van der Waals surface area contributed by atoms with Gasteiger partial charge in [-0.3, -0.25) is 14.5 Å². The maximum absolute atomic E-state index is 14.8. The minimum absolute atomic E-state index is 0.00521. The summed E-state index contributed by atoms with van der Waals surface area (Å²) in [6.07, 6.45) is -3.10. The van der Waals surface area contributed by atoms with Gasteiger partial charge in [0.25, 0.3) is 0 Å². The molecule has 2 saturated heterocycles. The van der Waals surface area contributed by atoms with Crippen LogP contribution in [-0.4, -0.2) is 69.4 Å². The molecule has 2 aliphatic heterocycles. The Balaban J connectivity index is 1.69. The van der Waals surface area contributed by atoms with E-state index in [1.54, 1.807) is 11.0 Å². The Morgan fingerprint density at radius 2 is 2.07 bits per heavy atom. The Bertz CT molecular complexity index is 863. The number of nitrogens with zero attached hydrogens (tertiary/aromatic N) is 2. The normalized spacial score (nSPS) is 21.3. The van der Waals surface area contributed by atoms with Crippen LogP contribution in [0.3, 0.4) is 0 Å². The number of carbonyl (C=O) groups excluding carboxylic acids is 4. The number of hydrogen-bond acceptors (Lipinski definition) is 8. The van der Waals surface area contributed by atoms with Crippen molar-refractivity contribution in [3.63, 3.8) is 0 Å². The zero-order chi connectivity index (χ0) is 21.8. The van der Waals surface area contributed by atoms with Crippen LogP contribution in [0.1, 0.15) is 13.3 Å². The number of hydrogen-bond donors (Lipinski definition) is 1. The van der Waals surface area contributed by atoms with E-state index in [1.165, 1.54) is 24.0 Å². The molecule has 162 valence electrons. The number of carbonyl (C=O) groups is 4. The van der Waals surface area contributed by atoms with Crippen molar-refractivity contribution in [3.8, 4) is 0 Å². The highest BCUT2D eigenvalue weighted by Crippen LogP contribution is 2.29. The summed E-state index contributed by atoms with van der Waals surface area (Å²) < 4.78 is 29.4. The number of ether oxygens (including phenoxy) is 3. The number of cyclic esters (lactones) is 1. The van der Waals surface area contributed by atoms with E-state index >= 15 is 0 Å². The van der Waals surface area contributed by atoms with Gasteiger partial charge in [0, 0.05) is 19.9 Å². The van der Waals surface area contributed by atoms with Crippen LogP contribution in [0, 0.1) is 5.82 Å². The van der Waals surface area contributed by atoms with Gasteiger partial charge in [0.1, 0.15) is 11.9 Å². The molecule has 2 aliphatic rings. The highest BCUT2D eigenvalue weighted by molar-refractivity contribution is 5.90. The lowest BCUT2D eigenvalue weighted by molar-refractivity contribution is -0.129. The molecule has 0 saturated carbocycles. The number of anilines is 2. The van der Waals surface area contributed by atoms with Crippen LogP contribution in [-0.2, 0) is 23.8 Å². The molecule has 30 heavy (non-hydrogen) atoms. The largest absolute Gasteiger partial charge is 0.508 e. The molecule has 11 heteroatoms. The molecule has 0 radical (unpaired) electrons. The maximum atomic E-state index is 14.8.